The molecule has 43 heavy (non-hydrogen) atoms. The third-order valence-electron chi connectivity index (χ3n) is 5.02. The minimum atomic E-state index is -4.26. The molecule has 1 saturated heterocycles. The van der Waals surface area contributed by atoms with E-state index in [4.69, 9.17) is 0 Å². The number of anilines is 1. The van der Waals surface area contributed by atoms with Crippen LogP contribution in [0.5, 0.6) is 0 Å². The van der Waals surface area contributed by atoms with E-state index in [1.54, 1.807) is 35.2 Å². The molecule has 1 amide bonds. The molecule has 0 saturated carbocycles. The Balaban J connectivity index is -0.000000660. The highest BCUT2D eigenvalue weighted by molar-refractivity contribution is 7.95. The summed E-state index contributed by atoms with van der Waals surface area (Å²) in [5.41, 5.74) is -2.92. The number of hydrogen-bond acceptors (Lipinski definition) is 4. The van der Waals surface area contributed by atoms with Crippen molar-refractivity contribution in [3.63, 3.8) is 0 Å². The van der Waals surface area contributed by atoms with Crippen LogP contribution in [0.2, 0.25) is 0 Å². The zero-order chi connectivity index (χ0) is 33.8. The third-order valence-corrected chi connectivity index (χ3v) is 5.37. The summed E-state index contributed by atoms with van der Waals surface area (Å²) in [6.45, 7) is 18.1. The Morgan fingerprint density at radius 2 is 1.40 bits per heavy atom. The molecule has 10 heteroatoms. The highest BCUT2D eigenvalue weighted by atomic mass is 32.2. The lowest BCUT2D eigenvalue weighted by atomic mass is 9.90. The maximum absolute atomic E-state index is 12.9. The quantitative estimate of drug-likeness (QED) is 0.136. The summed E-state index contributed by atoms with van der Waals surface area (Å²) in [6, 6.07) is 11.5. The minimum absolute atomic E-state index is 0.0112. The van der Waals surface area contributed by atoms with Crippen molar-refractivity contribution in [2.75, 3.05) is 18.6 Å². The zero-order valence-electron chi connectivity index (χ0n) is 26.8. The number of β-lactam (4-membered cyclic amide) rings is 1. The van der Waals surface area contributed by atoms with Gasteiger partial charge in [-0.1, -0.05) is 71.9 Å². The highest BCUT2D eigenvalue weighted by Crippen LogP contribution is 2.31. The molecule has 2 aromatic rings. The van der Waals surface area contributed by atoms with Gasteiger partial charge >= 0.3 is 5.51 Å². The summed E-state index contributed by atoms with van der Waals surface area (Å²) in [4.78, 5) is 13.7. The monoisotopic (exact) mass is 635 g/mol. The molecule has 1 fully saturated rings. The van der Waals surface area contributed by atoms with Crippen LogP contribution in [0, 0.1) is 17.6 Å². The second-order valence-electron chi connectivity index (χ2n) is 8.16. The van der Waals surface area contributed by atoms with Crippen molar-refractivity contribution < 1.29 is 36.0 Å². The van der Waals surface area contributed by atoms with Crippen molar-refractivity contribution in [1.29, 1.82) is 0 Å². The molecule has 2 unspecified atom stereocenters. The topological polar surface area (TPSA) is 49.8 Å². The fraction of sp³-hybridized carbons (Fsp3) is 0.485. The van der Waals surface area contributed by atoms with Gasteiger partial charge in [-0.2, -0.15) is 13.2 Å². The van der Waals surface area contributed by atoms with Gasteiger partial charge in [-0.15, -0.1) is 6.58 Å². The second kappa shape index (κ2) is 28.1. The standard InChI is InChI=1S/C18H17F2NO2.C6H12.C3H6.C2H3F3OS.2C2H6/c19-14-4-1-12(2-5-14)17(22)10-3-13-11-21(18(13)23)16-8-6-15(20)7-9-16;1-3-5-6-4-2;1-3-2;1-6-7-2(3,4)5;2*1-2/h1-2,4-9,13,17,22H,3,10-11H2;5-6H,3-4H2,1-2H3;3H,1H2,2H3;1H3;2*1-2H3/b;6-5-;;;;. The van der Waals surface area contributed by atoms with Gasteiger partial charge in [-0.3, -0.25) is 4.79 Å². The lowest BCUT2D eigenvalue weighted by molar-refractivity contribution is -0.127. The van der Waals surface area contributed by atoms with Crippen LogP contribution in [0.1, 0.15) is 85.8 Å². The first-order chi connectivity index (χ1) is 20.4. The predicted octanol–water partition coefficient (Wildman–Crippen LogP) is 10.8. The van der Waals surface area contributed by atoms with Gasteiger partial charge in [0.05, 0.1) is 19.1 Å². The fourth-order valence-corrected chi connectivity index (χ4v) is 3.39. The van der Waals surface area contributed by atoms with Crippen LogP contribution in [0.15, 0.2) is 73.3 Å². The van der Waals surface area contributed by atoms with Gasteiger partial charge < -0.3 is 14.2 Å². The Hall–Kier alpha value is -2.69. The molecular formula is C33H50F5NO3S. The van der Waals surface area contributed by atoms with Crippen molar-refractivity contribution in [3.8, 4) is 0 Å². The average Bonchev–Trinajstić information content (AvgIpc) is 2.99. The van der Waals surface area contributed by atoms with Crippen molar-refractivity contribution in [2.24, 2.45) is 5.92 Å². The van der Waals surface area contributed by atoms with Gasteiger partial charge in [-0.05, 0) is 74.6 Å². The summed E-state index contributed by atoms with van der Waals surface area (Å²) in [7, 11) is 0.970. The Morgan fingerprint density at radius 3 is 1.72 bits per heavy atom. The molecule has 1 N–H and O–H groups in total. The molecule has 2 atom stereocenters. The summed E-state index contributed by atoms with van der Waals surface area (Å²) in [6.07, 6.45) is 8.76. The number of aliphatic hydroxyl groups excluding tert-OH is 1. The van der Waals surface area contributed by atoms with E-state index in [1.165, 1.54) is 37.1 Å². The normalized spacial score (nSPS) is 14.0. The predicted molar refractivity (Wildman–Crippen MR) is 172 cm³/mol. The molecule has 2 aromatic carbocycles. The van der Waals surface area contributed by atoms with E-state index in [1.807, 2.05) is 34.6 Å². The molecule has 3 rings (SSSR count). The number of hydrogen-bond donors (Lipinski definition) is 1. The molecule has 1 aliphatic heterocycles. The van der Waals surface area contributed by atoms with Crippen LogP contribution in [-0.4, -0.2) is 30.2 Å². The first-order valence-corrected chi connectivity index (χ1v) is 15.2. The smallest absolute Gasteiger partial charge is 0.388 e. The van der Waals surface area contributed by atoms with Gasteiger partial charge in [0.1, 0.15) is 23.7 Å². The number of nitrogens with zero attached hydrogens (tertiary/aromatic N) is 1. The maximum Gasteiger partial charge on any atom is 0.467 e. The van der Waals surface area contributed by atoms with E-state index in [0.717, 1.165) is 7.11 Å². The molecule has 246 valence electrons. The molecular weight excluding hydrogens is 585 g/mol. The molecule has 1 aliphatic rings. The van der Waals surface area contributed by atoms with Gasteiger partial charge in [0.25, 0.3) is 0 Å². The van der Waals surface area contributed by atoms with Crippen LogP contribution in [-0.2, 0) is 8.98 Å². The number of carbonyl (C=O) groups excluding carboxylic acids is 1. The molecule has 0 radical (unpaired) electrons. The van der Waals surface area contributed by atoms with E-state index in [0.29, 0.717) is 30.6 Å². The van der Waals surface area contributed by atoms with Gasteiger partial charge in [0.2, 0.25) is 5.91 Å². The van der Waals surface area contributed by atoms with Crippen molar-refractivity contribution in [1.82, 2.24) is 0 Å². The van der Waals surface area contributed by atoms with Crippen LogP contribution in [0.3, 0.4) is 0 Å². The van der Waals surface area contributed by atoms with Gasteiger partial charge in [0, 0.05) is 12.2 Å². The van der Waals surface area contributed by atoms with E-state index in [2.05, 4.69) is 36.8 Å². The van der Waals surface area contributed by atoms with E-state index in [9.17, 15) is 31.9 Å². The summed E-state index contributed by atoms with van der Waals surface area (Å²) in [5.74, 6) is -0.816. The minimum Gasteiger partial charge on any atom is -0.388 e. The number of aliphatic hydroxyl groups is 1. The highest BCUT2D eigenvalue weighted by Gasteiger charge is 2.37. The molecule has 0 aromatic heterocycles. The molecule has 0 spiro atoms. The maximum atomic E-state index is 12.9. The van der Waals surface area contributed by atoms with E-state index < -0.39 is 23.7 Å². The first kappa shape index (κ1) is 44.7. The Kier molecular flexibility index (Phi) is 29.2. The SMILES string of the molecule is C=CC.CC.CC.CC/C=C\CC.COSC(F)(F)F.O=C1C(CCC(O)c2ccc(F)cc2)CN1c1ccc(F)cc1. The number of amides is 1. The van der Waals surface area contributed by atoms with Crippen LogP contribution in [0.25, 0.3) is 0 Å². The number of carbonyl (C=O) groups is 1. The number of halogens is 5. The van der Waals surface area contributed by atoms with E-state index in [-0.39, 0.29) is 23.5 Å². The van der Waals surface area contributed by atoms with Gasteiger partial charge in [0.15, 0.2) is 0 Å². The van der Waals surface area contributed by atoms with Gasteiger partial charge in [-0.25, -0.2) is 8.78 Å². The zero-order valence-corrected chi connectivity index (χ0v) is 27.6. The first-order valence-electron chi connectivity index (χ1n) is 14.4. The number of allylic oxidation sites excluding steroid dienone is 3. The molecule has 0 aliphatic carbocycles. The Bertz CT molecular complexity index is 962. The largest absolute Gasteiger partial charge is 0.467 e. The summed E-state index contributed by atoms with van der Waals surface area (Å²) < 4.78 is 62.1. The Labute approximate surface area is 260 Å². The number of alkyl halides is 3. The van der Waals surface area contributed by atoms with Crippen LogP contribution < -0.4 is 4.90 Å². The van der Waals surface area contributed by atoms with Crippen molar-refractivity contribution in [3.05, 3.63) is 90.5 Å². The third kappa shape index (κ3) is 22.5. The van der Waals surface area contributed by atoms with Crippen molar-refractivity contribution >= 4 is 23.6 Å². The average molecular weight is 636 g/mol. The van der Waals surface area contributed by atoms with Crippen LogP contribution in [0.4, 0.5) is 27.6 Å². The fourth-order valence-electron chi connectivity index (χ4n) is 3.20. The lowest BCUT2D eigenvalue weighted by Gasteiger charge is -2.38. The lowest BCUT2D eigenvalue weighted by Crippen LogP contribution is -2.52. The van der Waals surface area contributed by atoms with Crippen molar-refractivity contribution in [2.45, 2.75) is 85.8 Å². The summed E-state index contributed by atoms with van der Waals surface area (Å²) in [5, 5.41) is 10.1. The second-order valence-corrected chi connectivity index (χ2v) is 9.12. The number of rotatable bonds is 8. The molecule has 1 heterocycles. The summed E-state index contributed by atoms with van der Waals surface area (Å²) >= 11 is -0.512. The van der Waals surface area contributed by atoms with E-state index >= 15 is 0 Å². The Morgan fingerprint density at radius 1 is 0.977 bits per heavy atom. The number of benzene rings is 2. The molecule has 0 bridgehead atoms. The molecule has 4 nitrogen and oxygen atoms in total. The van der Waals surface area contributed by atoms with Crippen LogP contribution >= 0.6 is 12.0 Å².